The number of rotatable bonds is 3. The summed E-state index contributed by atoms with van der Waals surface area (Å²) in [5.74, 6) is -3.84. The summed E-state index contributed by atoms with van der Waals surface area (Å²) in [7, 11) is 0. The van der Waals surface area contributed by atoms with Gasteiger partial charge in [-0.15, -0.1) is 0 Å². The van der Waals surface area contributed by atoms with Crippen molar-refractivity contribution in [3.05, 3.63) is 35.4 Å². The Hall–Kier alpha value is -2.09. The SMILES string of the molecule is CCOC(=O)C1Cc2ccccc2C(OC(=O)C(F)(F)F)C1N. The summed E-state index contributed by atoms with van der Waals surface area (Å²) in [6.07, 6.45) is -6.27. The van der Waals surface area contributed by atoms with Gasteiger partial charge in [0.05, 0.1) is 18.6 Å². The van der Waals surface area contributed by atoms with Crippen LogP contribution in [0.3, 0.4) is 0 Å². The summed E-state index contributed by atoms with van der Waals surface area (Å²) in [6.45, 7) is 1.73. The van der Waals surface area contributed by atoms with E-state index in [0.717, 1.165) is 0 Å². The Morgan fingerprint density at radius 1 is 1.30 bits per heavy atom. The molecule has 2 N–H and O–H groups in total. The molecule has 0 amide bonds. The number of hydrogen-bond donors (Lipinski definition) is 1. The Kier molecular flexibility index (Phi) is 4.93. The second-order valence-corrected chi connectivity index (χ2v) is 5.16. The molecule has 23 heavy (non-hydrogen) atoms. The van der Waals surface area contributed by atoms with E-state index < -0.39 is 36.2 Å². The first kappa shape index (κ1) is 17.3. The number of ether oxygens (including phenoxy) is 2. The summed E-state index contributed by atoms with van der Waals surface area (Å²) in [6, 6.07) is 5.35. The van der Waals surface area contributed by atoms with Gasteiger partial charge in [-0.3, -0.25) is 4.79 Å². The van der Waals surface area contributed by atoms with E-state index in [0.29, 0.717) is 11.1 Å². The van der Waals surface area contributed by atoms with E-state index >= 15 is 0 Å². The smallest absolute Gasteiger partial charge is 0.466 e. The normalized spacial score (nSPS) is 23.8. The first-order valence-electron chi connectivity index (χ1n) is 7.03. The van der Waals surface area contributed by atoms with Crippen molar-refractivity contribution in [2.45, 2.75) is 31.7 Å². The van der Waals surface area contributed by atoms with Gasteiger partial charge in [-0.25, -0.2) is 4.79 Å². The maximum Gasteiger partial charge on any atom is 0.490 e. The van der Waals surface area contributed by atoms with E-state index in [-0.39, 0.29) is 13.0 Å². The number of alkyl halides is 3. The van der Waals surface area contributed by atoms with Crippen molar-refractivity contribution < 1.29 is 32.2 Å². The van der Waals surface area contributed by atoms with Crippen molar-refractivity contribution >= 4 is 11.9 Å². The van der Waals surface area contributed by atoms with Crippen LogP contribution in [0.1, 0.15) is 24.2 Å². The molecule has 0 aromatic heterocycles. The van der Waals surface area contributed by atoms with Crippen molar-refractivity contribution in [1.29, 1.82) is 0 Å². The third kappa shape index (κ3) is 3.64. The van der Waals surface area contributed by atoms with Crippen LogP contribution in [0.2, 0.25) is 0 Å². The number of benzene rings is 1. The molecule has 0 radical (unpaired) electrons. The molecule has 3 atom stereocenters. The average molecular weight is 331 g/mol. The van der Waals surface area contributed by atoms with Crippen LogP contribution in [0.15, 0.2) is 24.3 Å². The first-order valence-corrected chi connectivity index (χ1v) is 7.03. The summed E-state index contributed by atoms with van der Waals surface area (Å²) in [4.78, 5) is 23.2. The molecule has 0 saturated carbocycles. The van der Waals surface area contributed by atoms with Gasteiger partial charge in [-0.05, 0) is 24.5 Å². The van der Waals surface area contributed by atoms with Crippen LogP contribution in [-0.2, 0) is 25.5 Å². The molecule has 2 rings (SSSR count). The van der Waals surface area contributed by atoms with Crippen LogP contribution in [0, 0.1) is 5.92 Å². The van der Waals surface area contributed by atoms with E-state index in [1.54, 1.807) is 25.1 Å². The lowest BCUT2D eigenvalue weighted by molar-refractivity contribution is -0.207. The predicted octanol–water partition coefficient (Wildman–Crippen LogP) is 1.90. The van der Waals surface area contributed by atoms with Crippen molar-refractivity contribution in [3.63, 3.8) is 0 Å². The third-order valence-corrected chi connectivity index (χ3v) is 3.67. The van der Waals surface area contributed by atoms with Gasteiger partial charge in [-0.2, -0.15) is 13.2 Å². The quantitative estimate of drug-likeness (QED) is 0.856. The molecule has 5 nitrogen and oxygen atoms in total. The molecule has 0 fully saturated rings. The zero-order chi connectivity index (χ0) is 17.2. The van der Waals surface area contributed by atoms with Crippen LogP contribution >= 0.6 is 0 Å². The van der Waals surface area contributed by atoms with Crippen LogP contribution < -0.4 is 5.73 Å². The summed E-state index contributed by atoms with van der Waals surface area (Å²) in [5.41, 5.74) is 6.89. The van der Waals surface area contributed by atoms with Crippen LogP contribution in [-0.4, -0.2) is 30.8 Å². The molecule has 0 saturated heterocycles. The number of carbonyl (C=O) groups excluding carboxylic acids is 2. The maximum absolute atomic E-state index is 12.5. The topological polar surface area (TPSA) is 78.6 Å². The Morgan fingerprint density at radius 3 is 2.57 bits per heavy atom. The summed E-state index contributed by atoms with van der Waals surface area (Å²) >= 11 is 0. The van der Waals surface area contributed by atoms with Crippen molar-refractivity contribution in [2.75, 3.05) is 6.61 Å². The second-order valence-electron chi connectivity index (χ2n) is 5.16. The number of hydrogen-bond acceptors (Lipinski definition) is 5. The number of halogens is 3. The van der Waals surface area contributed by atoms with E-state index in [4.69, 9.17) is 10.5 Å². The fraction of sp³-hybridized carbons (Fsp3) is 0.467. The van der Waals surface area contributed by atoms with Gasteiger partial charge in [-0.1, -0.05) is 24.3 Å². The first-order chi connectivity index (χ1) is 10.8. The van der Waals surface area contributed by atoms with E-state index in [9.17, 15) is 22.8 Å². The highest BCUT2D eigenvalue weighted by Gasteiger charge is 2.47. The van der Waals surface area contributed by atoms with Crippen molar-refractivity contribution in [1.82, 2.24) is 0 Å². The number of nitrogens with two attached hydrogens (primary N) is 1. The lowest BCUT2D eigenvalue weighted by Gasteiger charge is -2.35. The molecule has 1 aliphatic carbocycles. The van der Waals surface area contributed by atoms with Gasteiger partial charge in [0.25, 0.3) is 0 Å². The number of carbonyl (C=O) groups is 2. The number of esters is 2. The minimum Gasteiger partial charge on any atom is -0.466 e. The zero-order valence-electron chi connectivity index (χ0n) is 12.3. The Bertz CT molecular complexity index is 603. The molecule has 0 aliphatic heterocycles. The van der Waals surface area contributed by atoms with Gasteiger partial charge >= 0.3 is 18.1 Å². The summed E-state index contributed by atoms with van der Waals surface area (Å²) < 4.78 is 46.9. The largest absolute Gasteiger partial charge is 0.490 e. The number of fused-ring (bicyclic) bond motifs is 1. The van der Waals surface area contributed by atoms with Gasteiger partial charge in [0.15, 0.2) is 0 Å². The van der Waals surface area contributed by atoms with Crippen LogP contribution in [0.5, 0.6) is 0 Å². The molecule has 0 heterocycles. The molecular weight excluding hydrogens is 315 g/mol. The molecular formula is C15H16F3NO4. The Labute approximate surface area is 130 Å². The van der Waals surface area contributed by atoms with Crippen molar-refractivity contribution in [2.24, 2.45) is 11.7 Å². The van der Waals surface area contributed by atoms with Crippen LogP contribution in [0.25, 0.3) is 0 Å². The average Bonchev–Trinajstić information content (AvgIpc) is 2.48. The zero-order valence-corrected chi connectivity index (χ0v) is 12.3. The Morgan fingerprint density at radius 2 is 1.96 bits per heavy atom. The van der Waals surface area contributed by atoms with Gasteiger partial charge < -0.3 is 15.2 Å². The van der Waals surface area contributed by atoms with Crippen LogP contribution in [0.4, 0.5) is 13.2 Å². The molecule has 1 aromatic carbocycles. The molecule has 8 heteroatoms. The molecule has 3 unspecified atom stereocenters. The third-order valence-electron chi connectivity index (χ3n) is 3.67. The molecule has 0 bridgehead atoms. The second kappa shape index (κ2) is 6.57. The lowest BCUT2D eigenvalue weighted by atomic mass is 9.78. The molecule has 126 valence electrons. The van der Waals surface area contributed by atoms with Gasteiger partial charge in [0, 0.05) is 0 Å². The van der Waals surface area contributed by atoms with Gasteiger partial charge in [0.2, 0.25) is 0 Å². The van der Waals surface area contributed by atoms with E-state index in [1.807, 2.05) is 0 Å². The fourth-order valence-corrected chi connectivity index (χ4v) is 2.60. The minimum atomic E-state index is -5.13. The highest BCUT2D eigenvalue weighted by molar-refractivity contribution is 5.77. The maximum atomic E-state index is 12.5. The molecule has 0 spiro atoms. The Balaban J connectivity index is 2.34. The van der Waals surface area contributed by atoms with Crippen molar-refractivity contribution in [3.8, 4) is 0 Å². The van der Waals surface area contributed by atoms with E-state index in [2.05, 4.69) is 4.74 Å². The standard InChI is InChI=1S/C15H16F3NO4/c1-2-22-13(20)10-7-8-5-3-4-6-9(8)12(11(10)19)23-14(21)15(16,17)18/h3-6,10-12H,2,7,19H2,1H3. The predicted molar refractivity (Wildman–Crippen MR) is 73.1 cm³/mol. The molecule has 1 aromatic rings. The highest BCUT2D eigenvalue weighted by atomic mass is 19.4. The summed E-state index contributed by atoms with van der Waals surface area (Å²) in [5, 5.41) is 0. The molecule has 1 aliphatic rings. The minimum absolute atomic E-state index is 0.122. The van der Waals surface area contributed by atoms with E-state index in [1.165, 1.54) is 6.07 Å². The lowest BCUT2D eigenvalue weighted by Crippen LogP contribution is -2.47. The van der Waals surface area contributed by atoms with Gasteiger partial charge in [0.1, 0.15) is 6.10 Å². The highest BCUT2D eigenvalue weighted by Crippen LogP contribution is 2.37. The monoisotopic (exact) mass is 331 g/mol. The fourth-order valence-electron chi connectivity index (χ4n) is 2.60.